The molecule has 8 heteroatoms. The van der Waals surface area contributed by atoms with Crippen LogP contribution < -0.4 is 10.0 Å². The molecule has 1 unspecified atom stereocenters. The molecule has 1 aromatic carbocycles. The summed E-state index contributed by atoms with van der Waals surface area (Å²) in [7, 11) is -3.40. The van der Waals surface area contributed by atoms with Crippen LogP contribution in [-0.2, 0) is 34.1 Å². The van der Waals surface area contributed by atoms with Gasteiger partial charge in [0.15, 0.2) is 5.13 Å². The molecule has 1 aliphatic carbocycles. The van der Waals surface area contributed by atoms with Gasteiger partial charge in [0.1, 0.15) is 0 Å². The molecule has 0 saturated carbocycles. The number of nitrogens with one attached hydrogen (secondary N) is 2. The molecule has 1 aromatic heterocycles. The molecule has 0 radical (unpaired) electrons. The maximum absolute atomic E-state index is 12.5. The number of para-hydroxylation sites is 1. The molecule has 6 nitrogen and oxygen atoms in total. The number of nitrogens with zero attached hydrogens (tertiary/aromatic N) is 1. The van der Waals surface area contributed by atoms with Crippen LogP contribution in [0.1, 0.15) is 42.3 Å². The van der Waals surface area contributed by atoms with Gasteiger partial charge in [0, 0.05) is 4.88 Å². The van der Waals surface area contributed by atoms with Gasteiger partial charge in [-0.05, 0) is 36.8 Å². The number of anilines is 2. The van der Waals surface area contributed by atoms with E-state index in [4.69, 9.17) is 0 Å². The van der Waals surface area contributed by atoms with Gasteiger partial charge in [-0.25, -0.2) is 13.4 Å². The van der Waals surface area contributed by atoms with Gasteiger partial charge >= 0.3 is 0 Å². The molecule has 1 amide bonds. The summed E-state index contributed by atoms with van der Waals surface area (Å²) in [4.78, 5) is 18.3. The van der Waals surface area contributed by atoms with Gasteiger partial charge in [-0.1, -0.05) is 38.0 Å². The van der Waals surface area contributed by atoms with E-state index in [2.05, 4.69) is 21.9 Å². The van der Waals surface area contributed by atoms with E-state index >= 15 is 0 Å². The maximum Gasteiger partial charge on any atom is 0.230 e. The zero-order chi connectivity index (χ0) is 19.4. The van der Waals surface area contributed by atoms with E-state index in [0.29, 0.717) is 16.4 Å². The first-order chi connectivity index (χ1) is 12.8. The van der Waals surface area contributed by atoms with Crippen molar-refractivity contribution in [1.82, 2.24) is 4.98 Å². The van der Waals surface area contributed by atoms with Crippen LogP contribution in [0.4, 0.5) is 10.8 Å². The van der Waals surface area contributed by atoms with Crippen molar-refractivity contribution < 1.29 is 13.2 Å². The van der Waals surface area contributed by atoms with E-state index in [0.717, 1.165) is 30.7 Å². The number of hydrogen-bond acceptors (Lipinski definition) is 5. The Morgan fingerprint density at radius 3 is 2.85 bits per heavy atom. The second-order valence-electron chi connectivity index (χ2n) is 7.04. The number of amides is 1. The lowest BCUT2D eigenvalue weighted by Gasteiger charge is -2.19. The zero-order valence-electron chi connectivity index (χ0n) is 15.6. The summed E-state index contributed by atoms with van der Waals surface area (Å²) in [5, 5.41) is 3.51. The largest absolute Gasteiger partial charge is 0.302 e. The van der Waals surface area contributed by atoms with Crippen molar-refractivity contribution in [3.05, 3.63) is 40.4 Å². The number of fused-ring (bicyclic) bond motifs is 1. The Balaban J connectivity index is 1.66. The number of rotatable bonds is 7. The fourth-order valence-corrected chi connectivity index (χ4v) is 5.20. The molecular formula is C19H25N3O3S2. The SMILES string of the molecule is CCCC1CCc2nc(NC(=O)Cc3ccccc3NS(C)(=O)=O)sc2C1. The lowest BCUT2D eigenvalue weighted by Crippen LogP contribution is -2.17. The third-order valence-corrected chi connectivity index (χ3v) is 6.27. The van der Waals surface area contributed by atoms with E-state index in [1.165, 1.54) is 24.1 Å². The van der Waals surface area contributed by atoms with Crippen LogP contribution in [0.3, 0.4) is 0 Å². The first-order valence-electron chi connectivity index (χ1n) is 9.18. The fourth-order valence-electron chi connectivity index (χ4n) is 3.46. The van der Waals surface area contributed by atoms with Crippen molar-refractivity contribution in [2.24, 2.45) is 5.92 Å². The van der Waals surface area contributed by atoms with Gasteiger partial charge in [-0.15, -0.1) is 11.3 Å². The minimum absolute atomic E-state index is 0.0847. The summed E-state index contributed by atoms with van der Waals surface area (Å²) in [6, 6.07) is 6.91. The summed E-state index contributed by atoms with van der Waals surface area (Å²) in [5.41, 5.74) is 2.17. The molecular weight excluding hydrogens is 382 g/mol. The molecule has 0 bridgehead atoms. The van der Waals surface area contributed by atoms with Gasteiger partial charge in [-0.2, -0.15) is 0 Å². The number of carbonyl (C=O) groups is 1. The van der Waals surface area contributed by atoms with Crippen LogP contribution in [0, 0.1) is 5.92 Å². The highest BCUT2D eigenvalue weighted by molar-refractivity contribution is 7.92. The van der Waals surface area contributed by atoms with Crippen molar-refractivity contribution in [1.29, 1.82) is 0 Å². The lowest BCUT2D eigenvalue weighted by atomic mass is 9.88. The monoisotopic (exact) mass is 407 g/mol. The van der Waals surface area contributed by atoms with Crippen molar-refractivity contribution in [2.75, 3.05) is 16.3 Å². The van der Waals surface area contributed by atoms with Crippen molar-refractivity contribution in [2.45, 2.75) is 45.4 Å². The number of aromatic nitrogens is 1. The quantitative estimate of drug-likeness (QED) is 0.734. The number of thiazole rings is 1. The zero-order valence-corrected chi connectivity index (χ0v) is 17.3. The van der Waals surface area contributed by atoms with E-state index in [1.807, 2.05) is 0 Å². The molecule has 0 spiro atoms. The van der Waals surface area contributed by atoms with Crippen LogP contribution in [0.25, 0.3) is 0 Å². The minimum atomic E-state index is -3.40. The van der Waals surface area contributed by atoms with Crippen molar-refractivity contribution in [3.8, 4) is 0 Å². The van der Waals surface area contributed by atoms with Crippen LogP contribution in [0.2, 0.25) is 0 Å². The Kier molecular flexibility index (Phi) is 6.16. The van der Waals surface area contributed by atoms with E-state index in [1.54, 1.807) is 35.6 Å². The molecule has 27 heavy (non-hydrogen) atoms. The Bertz CT molecular complexity index is 922. The molecule has 1 heterocycles. The number of aryl methyl sites for hydroxylation is 1. The van der Waals surface area contributed by atoms with Gasteiger partial charge in [0.2, 0.25) is 15.9 Å². The van der Waals surface area contributed by atoms with Crippen LogP contribution in [0.5, 0.6) is 0 Å². The highest BCUT2D eigenvalue weighted by atomic mass is 32.2. The molecule has 2 N–H and O–H groups in total. The topological polar surface area (TPSA) is 88.2 Å². The molecule has 3 rings (SSSR count). The molecule has 1 atom stereocenters. The molecule has 146 valence electrons. The summed E-state index contributed by atoms with van der Waals surface area (Å²) >= 11 is 1.56. The van der Waals surface area contributed by atoms with Gasteiger partial charge in [0.25, 0.3) is 0 Å². The second-order valence-corrected chi connectivity index (χ2v) is 9.87. The highest BCUT2D eigenvalue weighted by Crippen LogP contribution is 2.34. The Morgan fingerprint density at radius 2 is 2.11 bits per heavy atom. The Hall–Kier alpha value is -1.93. The molecule has 2 aromatic rings. The van der Waals surface area contributed by atoms with Crippen LogP contribution in [-0.4, -0.2) is 25.6 Å². The Morgan fingerprint density at radius 1 is 1.33 bits per heavy atom. The first-order valence-corrected chi connectivity index (χ1v) is 11.9. The van der Waals surface area contributed by atoms with Gasteiger partial charge in [0.05, 0.1) is 24.1 Å². The molecule has 0 fully saturated rings. The maximum atomic E-state index is 12.5. The summed E-state index contributed by atoms with van der Waals surface area (Å²) in [6.07, 6.45) is 6.82. The second kappa shape index (κ2) is 8.39. The summed E-state index contributed by atoms with van der Waals surface area (Å²) in [6.45, 7) is 2.21. The van der Waals surface area contributed by atoms with E-state index < -0.39 is 10.0 Å². The van der Waals surface area contributed by atoms with E-state index in [9.17, 15) is 13.2 Å². The van der Waals surface area contributed by atoms with E-state index in [-0.39, 0.29) is 12.3 Å². The summed E-state index contributed by atoms with van der Waals surface area (Å²) in [5.74, 6) is 0.523. The molecule has 0 aliphatic heterocycles. The highest BCUT2D eigenvalue weighted by Gasteiger charge is 2.22. The van der Waals surface area contributed by atoms with Crippen LogP contribution in [0.15, 0.2) is 24.3 Å². The van der Waals surface area contributed by atoms with Gasteiger partial charge < -0.3 is 5.32 Å². The van der Waals surface area contributed by atoms with Crippen molar-refractivity contribution in [3.63, 3.8) is 0 Å². The predicted molar refractivity (Wildman–Crippen MR) is 110 cm³/mol. The molecule has 0 saturated heterocycles. The lowest BCUT2D eigenvalue weighted by molar-refractivity contribution is -0.115. The third-order valence-electron chi connectivity index (χ3n) is 4.65. The van der Waals surface area contributed by atoms with Crippen LogP contribution >= 0.6 is 11.3 Å². The smallest absolute Gasteiger partial charge is 0.230 e. The first kappa shape index (κ1) is 19.8. The normalized spacial score (nSPS) is 16.6. The number of benzene rings is 1. The van der Waals surface area contributed by atoms with Crippen molar-refractivity contribution >= 4 is 38.1 Å². The number of sulfonamides is 1. The third kappa shape index (κ3) is 5.52. The predicted octanol–water partition coefficient (Wildman–Crippen LogP) is 3.60. The summed E-state index contributed by atoms with van der Waals surface area (Å²) < 4.78 is 25.4. The number of hydrogen-bond donors (Lipinski definition) is 2. The average molecular weight is 408 g/mol. The molecule has 1 aliphatic rings. The minimum Gasteiger partial charge on any atom is -0.302 e. The standard InChI is InChI=1S/C19H25N3O3S2/c1-3-6-13-9-10-16-17(11-13)26-19(20-16)21-18(23)12-14-7-4-5-8-15(14)22-27(2,24)25/h4-5,7-8,13,22H,3,6,9-12H2,1-2H3,(H,20,21,23). The fraction of sp³-hybridized carbons (Fsp3) is 0.474. The number of carbonyl (C=O) groups excluding carboxylic acids is 1. The average Bonchev–Trinajstić information content (AvgIpc) is 2.97. The van der Waals surface area contributed by atoms with Gasteiger partial charge in [-0.3, -0.25) is 9.52 Å². The Labute approximate surface area is 164 Å².